The summed E-state index contributed by atoms with van der Waals surface area (Å²) in [5, 5.41) is 0. The average Bonchev–Trinajstić information content (AvgIpc) is 3.26. The molecular formula is C29H40O2. The summed E-state index contributed by atoms with van der Waals surface area (Å²) in [6, 6.07) is 16.1. The van der Waals surface area contributed by atoms with Gasteiger partial charge >= 0.3 is 5.97 Å². The van der Waals surface area contributed by atoms with Crippen LogP contribution >= 0.6 is 0 Å². The van der Waals surface area contributed by atoms with Crippen molar-refractivity contribution in [2.24, 2.45) is 5.92 Å². The molecule has 1 aliphatic rings. The third kappa shape index (κ3) is 7.52. The van der Waals surface area contributed by atoms with Crippen LogP contribution in [-0.4, -0.2) is 5.97 Å². The van der Waals surface area contributed by atoms with Crippen LogP contribution in [0.15, 0.2) is 48.5 Å². The third-order valence-electron chi connectivity index (χ3n) is 6.81. The lowest BCUT2D eigenvalue weighted by Crippen LogP contribution is -2.08. The second kappa shape index (κ2) is 12.7. The number of carbonyl (C=O) groups is 1. The molecule has 2 aromatic rings. The molecule has 2 aromatic carbocycles. The van der Waals surface area contributed by atoms with Gasteiger partial charge in [0.25, 0.3) is 0 Å². The van der Waals surface area contributed by atoms with Gasteiger partial charge in [0.2, 0.25) is 0 Å². The van der Waals surface area contributed by atoms with Gasteiger partial charge in [0.05, 0.1) is 5.56 Å². The number of carbonyl (C=O) groups excluding carboxylic acids is 1. The van der Waals surface area contributed by atoms with E-state index in [0.29, 0.717) is 17.2 Å². The van der Waals surface area contributed by atoms with Gasteiger partial charge in [-0.15, -0.1) is 0 Å². The standard InChI is InChI=1S/C29H40O2/c1-3-5-6-7-8-9-11-23-13-20-28(21-14-23)31-29(30)26-18-16-25(17-19-26)27-15-12-24(22-27)10-4-2/h13-14,16-21,24,27H,3-12,15,22H2,1-2H3/t24-,27-/m0/s1. The van der Waals surface area contributed by atoms with Crippen LogP contribution in [0.1, 0.15) is 112 Å². The highest BCUT2D eigenvalue weighted by Gasteiger charge is 2.25. The summed E-state index contributed by atoms with van der Waals surface area (Å²) in [5.41, 5.74) is 3.31. The molecule has 1 aliphatic carbocycles. The SMILES string of the molecule is CCCCCCCCc1ccc(OC(=O)c2ccc([C@H]3CC[C@H](CCC)C3)cc2)cc1. The van der Waals surface area contributed by atoms with Crippen molar-refractivity contribution in [2.75, 3.05) is 0 Å². The van der Waals surface area contributed by atoms with Crippen LogP contribution < -0.4 is 4.74 Å². The molecule has 1 fully saturated rings. The monoisotopic (exact) mass is 420 g/mol. The average molecular weight is 421 g/mol. The third-order valence-corrected chi connectivity index (χ3v) is 6.81. The number of aryl methyl sites for hydroxylation is 1. The molecular weight excluding hydrogens is 380 g/mol. The van der Waals surface area contributed by atoms with Gasteiger partial charge < -0.3 is 4.74 Å². The minimum Gasteiger partial charge on any atom is -0.423 e. The number of hydrogen-bond acceptors (Lipinski definition) is 2. The maximum absolute atomic E-state index is 12.5. The van der Waals surface area contributed by atoms with Crippen molar-refractivity contribution < 1.29 is 9.53 Å². The van der Waals surface area contributed by atoms with Gasteiger partial charge in [0.1, 0.15) is 5.75 Å². The Labute approximate surface area is 189 Å². The predicted molar refractivity (Wildman–Crippen MR) is 130 cm³/mol. The van der Waals surface area contributed by atoms with Gasteiger partial charge in [-0.05, 0) is 79.3 Å². The number of rotatable bonds is 12. The lowest BCUT2D eigenvalue weighted by atomic mass is 9.94. The molecule has 2 nitrogen and oxygen atoms in total. The Kier molecular flexibility index (Phi) is 9.65. The second-order valence-corrected chi connectivity index (χ2v) is 9.34. The van der Waals surface area contributed by atoms with Crippen LogP contribution in [-0.2, 0) is 6.42 Å². The minimum absolute atomic E-state index is 0.273. The zero-order chi connectivity index (χ0) is 21.9. The van der Waals surface area contributed by atoms with Gasteiger partial charge in [-0.25, -0.2) is 4.79 Å². The van der Waals surface area contributed by atoms with E-state index in [1.54, 1.807) is 0 Å². The van der Waals surface area contributed by atoms with Crippen LogP contribution in [0.4, 0.5) is 0 Å². The topological polar surface area (TPSA) is 26.3 Å². The van der Waals surface area contributed by atoms with Crippen LogP contribution in [0.5, 0.6) is 5.75 Å². The van der Waals surface area contributed by atoms with Crippen LogP contribution in [0.2, 0.25) is 0 Å². The van der Waals surface area contributed by atoms with Gasteiger partial charge in [-0.3, -0.25) is 0 Å². The first-order valence-corrected chi connectivity index (χ1v) is 12.6. The quantitative estimate of drug-likeness (QED) is 0.195. The first-order chi connectivity index (χ1) is 15.2. The molecule has 0 spiro atoms. The highest BCUT2D eigenvalue weighted by molar-refractivity contribution is 5.91. The maximum Gasteiger partial charge on any atom is 0.343 e. The summed E-state index contributed by atoms with van der Waals surface area (Å²) in [6.45, 7) is 4.53. The number of esters is 1. The molecule has 0 aliphatic heterocycles. The Balaban J connectivity index is 1.44. The molecule has 31 heavy (non-hydrogen) atoms. The Bertz CT molecular complexity index is 775. The summed E-state index contributed by atoms with van der Waals surface area (Å²) >= 11 is 0. The molecule has 0 amide bonds. The molecule has 0 radical (unpaired) electrons. The molecule has 0 N–H and O–H groups in total. The van der Waals surface area contributed by atoms with Crippen molar-refractivity contribution in [1.82, 2.24) is 0 Å². The molecule has 0 heterocycles. The Morgan fingerprint density at radius 2 is 1.55 bits per heavy atom. The first kappa shape index (κ1) is 23.6. The van der Waals surface area contributed by atoms with E-state index in [4.69, 9.17) is 4.74 Å². The van der Waals surface area contributed by atoms with Gasteiger partial charge in [-0.1, -0.05) is 83.1 Å². The van der Waals surface area contributed by atoms with Gasteiger partial charge in [-0.2, -0.15) is 0 Å². The summed E-state index contributed by atoms with van der Waals surface area (Å²) in [7, 11) is 0. The highest BCUT2D eigenvalue weighted by atomic mass is 16.5. The Hall–Kier alpha value is -2.09. The summed E-state index contributed by atoms with van der Waals surface area (Å²) < 4.78 is 5.60. The molecule has 0 unspecified atom stereocenters. The van der Waals surface area contributed by atoms with Crippen molar-refractivity contribution in [3.8, 4) is 5.75 Å². The fourth-order valence-corrected chi connectivity index (χ4v) is 4.94. The summed E-state index contributed by atoms with van der Waals surface area (Å²) in [4.78, 5) is 12.5. The number of benzene rings is 2. The van der Waals surface area contributed by atoms with E-state index in [-0.39, 0.29) is 5.97 Å². The van der Waals surface area contributed by atoms with Crippen LogP contribution in [0.25, 0.3) is 0 Å². The normalized spacial score (nSPS) is 18.3. The molecule has 0 aromatic heterocycles. The van der Waals surface area contributed by atoms with E-state index >= 15 is 0 Å². The van der Waals surface area contributed by atoms with E-state index in [1.165, 1.54) is 81.8 Å². The Morgan fingerprint density at radius 1 is 0.839 bits per heavy atom. The largest absolute Gasteiger partial charge is 0.423 e. The fourth-order valence-electron chi connectivity index (χ4n) is 4.94. The van der Waals surface area contributed by atoms with Crippen molar-refractivity contribution in [2.45, 2.75) is 96.8 Å². The fraction of sp³-hybridized carbons (Fsp3) is 0.552. The van der Waals surface area contributed by atoms with Crippen molar-refractivity contribution >= 4 is 5.97 Å². The first-order valence-electron chi connectivity index (χ1n) is 12.6. The smallest absolute Gasteiger partial charge is 0.343 e. The molecule has 0 bridgehead atoms. The zero-order valence-corrected chi connectivity index (χ0v) is 19.6. The van der Waals surface area contributed by atoms with E-state index in [2.05, 4.69) is 38.1 Å². The maximum atomic E-state index is 12.5. The van der Waals surface area contributed by atoms with E-state index in [1.807, 2.05) is 24.3 Å². The number of hydrogen-bond donors (Lipinski definition) is 0. The van der Waals surface area contributed by atoms with Crippen molar-refractivity contribution in [3.63, 3.8) is 0 Å². The molecule has 1 saturated carbocycles. The molecule has 168 valence electrons. The van der Waals surface area contributed by atoms with E-state index < -0.39 is 0 Å². The molecule has 0 saturated heterocycles. The molecule has 2 heteroatoms. The second-order valence-electron chi connectivity index (χ2n) is 9.34. The van der Waals surface area contributed by atoms with Crippen molar-refractivity contribution in [1.29, 1.82) is 0 Å². The van der Waals surface area contributed by atoms with Gasteiger partial charge in [0.15, 0.2) is 0 Å². The zero-order valence-electron chi connectivity index (χ0n) is 19.6. The minimum atomic E-state index is -0.273. The van der Waals surface area contributed by atoms with Crippen LogP contribution in [0.3, 0.4) is 0 Å². The van der Waals surface area contributed by atoms with Crippen LogP contribution in [0, 0.1) is 5.92 Å². The van der Waals surface area contributed by atoms with E-state index in [0.717, 1.165) is 12.3 Å². The predicted octanol–water partition coefficient (Wildman–Crippen LogP) is 8.49. The highest BCUT2D eigenvalue weighted by Crippen LogP contribution is 2.40. The van der Waals surface area contributed by atoms with Crippen molar-refractivity contribution in [3.05, 3.63) is 65.2 Å². The number of unbranched alkanes of at least 4 members (excludes halogenated alkanes) is 5. The Morgan fingerprint density at radius 3 is 2.26 bits per heavy atom. The molecule has 3 rings (SSSR count). The summed E-state index contributed by atoms with van der Waals surface area (Å²) in [5.74, 6) is 1.88. The van der Waals surface area contributed by atoms with E-state index in [9.17, 15) is 4.79 Å². The lowest BCUT2D eigenvalue weighted by Gasteiger charge is -2.12. The summed E-state index contributed by atoms with van der Waals surface area (Å²) in [6.07, 6.45) is 15.5. The molecule has 2 atom stereocenters. The van der Waals surface area contributed by atoms with Gasteiger partial charge in [0, 0.05) is 0 Å². The lowest BCUT2D eigenvalue weighted by molar-refractivity contribution is 0.0734. The number of ether oxygens (including phenoxy) is 1.